The van der Waals surface area contributed by atoms with E-state index in [1.54, 1.807) is 0 Å². The van der Waals surface area contributed by atoms with Crippen LogP contribution in [0.25, 0.3) is 0 Å². The summed E-state index contributed by atoms with van der Waals surface area (Å²) < 4.78 is 37.4. The summed E-state index contributed by atoms with van der Waals surface area (Å²) in [5.41, 5.74) is -0.758. The number of anilines is 1. The second kappa shape index (κ2) is 6.19. The van der Waals surface area contributed by atoms with Gasteiger partial charge in [0.2, 0.25) is 0 Å². The van der Waals surface area contributed by atoms with Crippen molar-refractivity contribution in [3.05, 3.63) is 23.9 Å². The zero-order valence-corrected chi connectivity index (χ0v) is 11.2. The number of hydrogen-bond acceptors (Lipinski definition) is 3. The van der Waals surface area contributed by atoms with Crippen LogP contribution in [-0.4, -0.2) is 35.8 Å². The molecule has 8 heteroatoms. The van der Waals surface area contributed by atoms with Gasteiger partial charge in [-0.2, -0.15) is 13.2 Å². The van der Waals surface area contributed by atoms with Crippen LogP contribution in [0.5, 0.6) is 0 Å². The fourth-order valence-electron chi connectivity index (χ4n) is 2.34. The van der Waals surface area contributed by atoms with Crippen LogP contribution in [0.3, 0.4) is 0 Å². The van der Waals surface area contributed by atoms with E-state index in [1.807, 2.05) is 4.90 Å². The largest absolute Gasteiger partial charge is 0.465 e. The number of alkyl halides is 3. The predicted molar refractivity (Wildman–Crippen MR) is 70.2 cm³/mol. The Morgan fingerprint density at radius 2 is 2.05 bits per heavy atom. The monoisotopic (exact) mass is 303 g/mol. The van der Waals surface area contributed by atoms with Gasteiger partial charge >= 0.3 is 12.3 Å². The predicted octanol–water partition coefficient (Wildman–Crippen LogP) is 2.58. The molecule has 0 atom stereocenters. The van der Waals surface area contributed by atoms with Gasteiger partial charge in [-0.1, -0.05) is 0 Å². The molecule has 1 saturated heterocycles. The summed E-state index contributed by atoms with van der Waals surface area (Å²) in [5, 5.41) is 10.9. The van der Waals surface area contributed by atoms with Crippen LogP contribution in [0.4, 0.5) is 23.8 Å². The number of amides is 1. The molecule has 2 rings (SSSR count). The van der Waals surface area contributed by atoms with Gasteiger partial charge in [-0.25, -0.2) is 9.78 Å². The van der Waals surface area contributed by atoms with Crippen molar-refractivity contribution in [1.82, 2.24) is 10.3 Å². The second-order valence-electron chi connectivity index (χ2n) is 5.02. The van der Waals surface area contributed by atoms with E-state index >= 15 is 0 Å². The summed E-state index contributed by atoms with van der Waals surface area (Å²) in [6.45, 7) is 1.72. The average Bonchev–Trinajstić information content (AvgIpc) is 2.45. The van der Waals surface area contributed by atoms with Crippen molar-refractivity contribution < 1.29 is 23.1 Å². The van der Waals surface area contributed by atoms with E-state index in [2.05, 4.69) is 10.3 Å². The summed E-state index contributed by atoms with van der Waals surface area (Å²) in [7, 11) is 0. The van der Waals surface area contributed by atoms with E-state index in [4.69, 9.17) is 5.11 Å². The number of aromatic nitrogens is 1. The first-order chi connectivity index (χ1) is 9.86. The Morgan fingerprint density at radius 1 is 1.38 bits per heavy atom. The van der Waals surface area contributed by atoms with Crippen molar-refractivity contribution in [2.24, 2.45) is 5.92 Å². The smallest absolute Gasteiger partial charge is 0.417 e. The van der Waals surface area contributed by atoms with Gasteiger partial charge < -0.3 is 15.3 Å². The number of nitrogens with one attached hydrogen (secondary N) is 1. The molecule has 0 saturated carbocycles. The molecule has 1 aliphatic rings. The van der Waals surface area contributed by atoms with E-state index in [0.29, 0.717) is 25.5 Å². The lowest BCUT2D eigenvalue weighted by Gasteiger charge is -2.32. The van der Waals surface area contributed by atoms with Crippen molar-refractivity contribution in [2.45, 2.75) is 19.0 Å². The van der Waals surface area contributed by atoms with Gasteiger partial charge in [-0.05, 0) is 30.9 Å². The first kappa shape index (κ1) is 15.4. The standard InChI is InChI=1S/C13H16F3N3O2/c14-13(15,16)10-1-2-11(17-8-10)19-5-3-9(4-6-19)7-18-12(20)21/h1-2,8-9,18H,3-7H2,(H,20,21). The molecule has 116 valence electrons. The molecule has 5 nitrogen and oxygen atoms in total. The Balaban J connectivity index is 1.89. The molecule has 0 bridgehead atoms. The zero-order chi connectivity index (χ0) is 15.5. The molecule has 0 aliphatic carbocycles. The second-order valence-corrected chi connectivity index (χ2v) is 5.02. The minimum atomic E-state index is -4.37. The summed E-state index contributed by atoms with van der Waals surface area (Å²) in [5.74, 6) is 0.777. The third-order valence-electron chi connectivity index (χ3n) is 3.56. The summed E-state index contributed by atoms with van der Waals surface area (Å²) in [6, 6.07) is 2.40. The van der Waals surface area contributed by atoms with Crippen LogP contribution in [0.2, 0.25) is 0 Å². The maximum Gasteiger partial charge on any atom is 0.417 e. The molecule has 0 spiro atoms. The lowest BCUT2D eigenvalue weighted by molar-refractivity contribution is -0.137. The molecular formula is C13H16F3N3O2. The van der Waals surface area contributed by atoms with Gasteiger partial charge in [0.05, 0.1) is 5.56 Å². The van der Waals surface area contributed by atoms with Crippen molar-refractivity contribution >= 4 is 11.9 Å². The minimum absolute atomic E-state index is 0.256. The molecule has 21 heavy (non-hydrogen) atoms. The number of hydrogen-bond donors (Lipinski definition) is 2. The Kier molecular flexibility index (Phi) is 4.54. The summed E-state index contributed by atoms with van der Waals surface area (Å²) in [4.78, 5) is 16.2. The number of piperidine rings is 1. The van der Waals surface area contributed by atoms with Crippen LogP contribution in [0, 0.1) is 5.92 Å². The van der Waals surface area contributed by atoms with Gasteiger partial charge in [-0.3, -0.25) is 0 Å². The molecule has 2 heterocycles. The van der Waals surface area contributed by atoms with Gasteiger partial charge in [0.15, 0.2) is 0 Å². The quantitative estimate of drug-likeness (QED) is 0.901. The van der Waals surface area contributed by atoms with Crippen molar-refractivity contribution in [3.8, 4) is 0 Å². The number of carboxylic acid groups (broad SMARTS) is 1. The highest BCUT2D eigenvalue weighted by molar-refractivity contribution is 5.64. The Hall–Kier alpha value is -1.99. The summed E-state index contributed by atoms with van der Waals surface area (Å²) in [6.07, 6.45) is -3.01. The maximum absolute atomic E-state index is 12.5. The van der Waals surface area contributed by atoms with E-state index in [9.17, 15) is 18.0 Å². The molecule has 2 N–H and O–H groups in total. The van der Waals surface area contributed by atoms with Crippen LogP contribution >= 0.6 is 0 Å². The summed E-state index contributed by atoms with van der Waals surface area (Å²) >= 11 is 0. The molecule has 1 aromatic rings. The molecule has 0 unspecified atom stereocenters. The topological polar surface area (TPSA) is 65.5 Å². The Bertz CT molecular complexity index is 482. The molecular weight excluding hydrogens is 287 g/mol. The molecule has 0 aromatic carbocycles. The first-order valence-electron chi connectivity index (χ1n) is 6.61. The molecule has 1 aliphatic heterocycles. The number of nitrogens with zero attached hydrogens (tertiary/aromatic N) is 2. The van der Waals surface area contributed by atoms with Gasteiger partial charge in [0, 0.05) is 25.8 Å². The van der Waals surface area contributed by atoms with E-state index in [-0.39, 0.29) is 5.92 Å². The van der Waals surface area contributed by atoms with E-state index in [1.165, 1.54) is 6.07 Å². The highest BCUT2D eigenvalue weighted by Gasteiger charge is 2.31. The third-order valence-corrected chi connectivity index (χ3v) is 3.56. The SMILES string of the molecule is O=C(O)NCC1CCN(c2ccc(C(F)(F)F)cn2)CC1. The zero-order valence-electron chi connectivity index (χ0n) is 11.2. The third kappa shape index (κ3) is 4.24. The average molecular weight is 303 g/mol. The van der Waals surface area contributed by atoms with Crippen molar-refractivity contribution in [1.29, 1.82) is 0 Å². The van der Waals surface area contributed by atoms with Crippen LogP contribution < -0.4 is 10.2 Å². The van der Waals surface area contributed by atoms with Gasteiger partial charge in [0.1, 0.15) is 5.82 Å². The van der Waals surface area contributed by atoms with Crippen LogP contribution in [-0.2, 0) is 6.18 Å². The van der Waals surface area contributed by atoms with E-state index in [0.717, 1.165) is 25.1 Å². The Morgan fingerprint density at radius 3 is 2.52 bits per heavy atom. The number of carbonyl (C=O) groups is 1. The van der Waals surface area contributed by atoms with Gasteiger partial charge in [0.25, 0.3) is 0 Å². The van der Waals surface area contributed by atoms with E-state index < -0.39 is 17.8 Å². The molecule has 1 aromatic heterocycles. The van der Waals surface area contributed by atoms with Gasteiger partial charge in [-0.15, -0.1) is 0 Å². The fraction of sp³-hybridized carbons (Fsp3) is 0.538. The highest BCUT2D eigenvalue weighted by Crippen LogP contribution is 2.30. The molecule has 0 radical (unpaired) electrons. The number of rotatable bonds is 3. The molecule has 1 amide bonds. The first-order valence-corrected chi connectivity index (χ1v) is 6.61. The Labute approximate surface area is 119 Å². The molecule has 1 fully saturated rings. The van der Waals surface area contributed by atoms with Crippen molar-refractivity contribution in [2.75, 3.05) is 24.5 Å². The highest BCUT2D eigenvalue weighted by atomic mass is 19.4. The van der Waals surface area contributed by atoms with Crippen LogP contribution in [0.1, 0.15) is 18.4 Å². The fourth-order valence-corrected chi connectivity index (χ4v) is 2.34. The lowest BCUT2D eigenvalue weighted by Crippen LogP contribution is -2.38. The lowest BCUT2D eigenvalue weighted by atomic mass is 9.97. The number of pyridine rings is 1. The minimum Gasteiger partial charge on any atom is -0.465 e. The normalized spacial score (nSPS) is 16.8. The van der Waals surface area contributed by atoms with Crippen LogP contribution in [0.15, 0.2) is 18.3 Å². The number of halogens is 3. The van der Waals surface area contributed by atoms with Crippen molar-refractivity contribution in [3.63, 3.8) is 0 Å². The maximum atomic E-state index is 12.5.